The first-order chi connectivity index (χ1) is 13.4. The molecule has 0 unspecified atom stereocenters. The van der Waals surface area contributed by atoms with Crippen LogP contribution in [0.15, 0.2) is 53.6 Å². The number of anilines is 1. The minimum atomic E-state index is -0.229. The van der Waals surface area contributed by atoms with Crippen LogP contribution in [-0.2, 0) is 9.59 Å². The number of hydrogen-bond donors (Lipinski definition) is 1. The van der Waals surface area contributed by atoms with Crippen LogP contribution in [0.4, 0.5) is 5.69 Å². The summed E-state index contributed by atoms with van der Waals surface area (Å²) in [6, 6.07) is 15.3. The Kier molecular flexibility index (Phi) is 6.26. The number of fused-ring (bicyclic) bond motifs is 1. The van der Waals surface area contributed by atoms with Crippen molar-refractivity contribution in [3.8, 4) is 0 Å². The van der Waals surface area contributed by atoms with E-state index in [-0.39, 0.29) is 24.1 Å². The van der Waals surface area contributed by atoms with Crippen LogP contribution < -0.4 is 5.32 Å². The molecule has 0 saturated heterocycles. The summed E-state index contributed by atoms with van der Waals surface area (Å²) in [6.45, 7) is 3.81. The van der Waals surface area contributed by atoms with E-state index in [9.17, 15) is 9.59 Å². The van der Waals surface area contributed by atoms with Crippen LogP contribution in [0.5, 0.6) is 0 Å². The van der Waals surface area contributed by atoms with E-state index >= 15 is 0 Å². The predicted molar refractivity (Wildman–Crippen MR) is 112 cm³/mol. The number of hydrogen-bond acceptors (Lipinski definition) is 5. The van der Waals surface area contributed by atoms with E-state index in [0.717, 1.165) is 21.5 Å². The zero-order valence-corrected chi connectivity index (χ0v) is 16.9. The standard InChI is InChI=1S/C21H22N4O2S/c1-14-8-10-16(11-9-14)24-19(26)12-25(3)20(27)13-28-21-17-6-4-5-7-18(17)22-15(2)23-21/h4-11H,12-13H2,1-3H3,(H,24,26). The van der Waals surface area contributed by atoms with Crippen molar-refractivity contribution in [3.63, 3.8) is 0 Å². The topological polar surface area (TPSA) is 75.2 Å². The summed E-state index contributed by atoms with van der Waals surface area (Å²) in [5.74, 6) is 0.506. The Balaban J connectivity index is 1.57. The van der Waals surface area contributed by atoms with E-state index in [1.807, 2.05) is 62.4 Å². The average molecular weight is 395 g/mol. The molecule has 0 fully saturated rings. The van der Waals surface area contributed by atoms with Crippen LogP contribution in [0.25, 0.3) is 10.9 Å². The number of thioether (sulfide) groups is 1. The molecule has 28 heavy (non-hydrogen) atoms. The molecule has 0 aliphatic rings. The van der Waals surface area contributed by atoms with Crippen molar-refractivity contribution in [2.24, 2.45) is 0 Å². The second kappa shape index (κ2) is 8.84. The fourth-order valence-corrected chi connectivity index (χ4v) is 3.66. The molecule has 2 aromatic carbocycles. The van der Waals surface area contributed by atoms with Gasteiger partial charge < -0.3 is 10.2 Å². The SMILES string of the molecule is Cc1ccc(NC(=O)CN(C)C(=O)CSc2nc(C)nc3ccccc23)cc1. The number of benzene rings is 2. The molecule has 144 valence electrons. The van der Waals surface area contributed by atoms with E-state index in [1.165, 1.54) is 16.7 Å². The molecule has 0 aliphatic heterocycles. The van der Waals surface area contributed by atoms with E-state index in [1.54, 1.807) is 7.05 Å². The van der Waals surface area contributed by atoms with Gasteiger partial charge in [-0.05, 0) is 32.0 Å². The monoisotopic (exact) mass is 394 g/mol. The third-order valence-electron chi connectivity index (χ3n) is 4.15. The molecule has 3 rings (SSSR count). The fourth-order valence-electron chi connectivity index (χ4n) is 2.65. The van der Waals surface area contributed by atoms with Gasteiger partial charge in [-0.2, -0.15) is 0 Å². The number of nitrogens with one attached hydrogen (secondary N) is 1. The van der Waals surface area contributed by atoms with Gasteiger partial charge in [-0.15, -0.1) is 0 Å². The highest BCUT2D eigenvalue weighted by atomic mass is 32.2. The molecule has 0 spiro atoms. The number of aryl methyl sites for hydroxylation is 2. The maximum Gasteiger partial charge on any atom is 0.243 e. The van der Waals surface area contributed by atoms with Crippen molar-refractivity contribution in [2.75, 3.05) is 24.7 Å². The maximum atomic E-state index is 12.5. The highest BCUT2D eigenvalue weighted by molar-refractivity contribution is 8.00. The first-order valence-electron chi connectivity index (χ1n) is 8.89. The number of para-hydroxylation sites is 1. The van der Waals surface area contributed by atoms with Gasteiger partial charge in [-0.1, -0.05) is 47.7 Å². The zero-order valence-electron chi connectivity index (χ0n) is 16.1. The second-order valence-electron chi connectivity index (χ2n) is 6.55. The summed E-state index contributed by atoms with van der Waals surface area (Å²) < 4.78 is 0. The van der Waals surface area contributed by atoms with E-state index in [4.69, 9.17) is 0 Å². The van der Waals surface area contributed by atoms with Gasteiger partial charge in [0.05, 0.1) is 17.8 Å². The maximum absolute atomic E-state index is 12.5. The Morgan fingerprint density at radius 3 is 2.50 bits per heavy atom. The Labute approximate surface area is 168 Å². The fraction of sp³-hybridized carbons (Fsp3) is 0.238. The quantitative estimate of drug-likeness (QED) is 0.512. The largest absolute Gasteiger partial charge is 0.336 e. The smallest absolute Gasteiger partial charge is 0.243 e. The Bertz CT molecular complexity index is 1000. The third kappa shape index (κ3) is 5.07. The number of aromatic nitrogens is 2. The molecule has 6 nitrogen and oxygen atoms in total. The summed E-state index contributed by atoms with van der Waals surface area (Å²) >= 11 is 1.36. The average Bonchev–Trinajstić information content (AvgIpc) is 2.67. The van der Waals surface area contributed by atoms with Crippen molar-refractivity contribution < 1.29 is 9.59 Å². The third-order valence-corrected chi connectivity index (χ3v) is 5.13. The van der Waals surface area contributed by atoms with Gasteiger partial charge in [-0.3, -0.25) is 9.59 Å². The van der Waals surface area contributed by atoms with Crippen molar-refractivity contribution in [2.45, 2.75) is 18.9 Å². The Hall–Kier alpha value is -2.93. The van der Waals surface area contributed by atoms with Crippen LogP contribution in [-0.4, -0.2) is 46.0 Å². The van der Waals surface area contributed by atoms with E-state index in [2.05, 4.69) is 15.3 Å². The van der Waals surface area contributed by atoms with Crippen molar-refractivity contribution in [1.82, 2.24) is 14.9 Å². The number of nitrogens with zero attached hydrogens (tertiary/aromatic N) is 3. The molecule has 2 amide bonds. The molecular weight excluding hydrogens is 372 g/mol. The van der Waals surface area contributed by atoms with Crippen LogP contribution in [0.1, 0.15) is 11.4 Å². The molecule has 0 aliphatic carbocycles. The van der Waals surface area contributed by atoms with Gasteiger partial charge in [0.2, 0.25) is 11.8 Å². The van der Waals surface area contributed by atoms with Crippen LogP contribution in [0.3, 0.4) is 0 Å². The van der Waals surface area contributed by atoms with Gasteiger partial charge in [0, 0.05) is 18.1 Å². The van der Waals surface area contributed by atoms with E-state index in [0.29, 0.717) is 11.5 Å². The molecule has 0 atom stereocenters. The molecule has 3 aromatic rings. The molecule has 0 saturated carbocycles. The molecule has 1 aromatic heterocycles. The number of rotatable bonds is 6. The highest BCUT2D eigenvalue weighted by Crippen LogP contribution is 2.25. The van der Waals surface area contributed by atoms with Crippen LogP contribution in [0.2, 0.25) is 0 Å². The lowest BCUT2D eigenvalue weighted by Crippen LogP contribution is -2.35. The zero-order chi connectivity index (χ0) is 20.1. The number of likely N-dealkylation sites (N-methyl/N-ethyl adjacent to an activating group) is 1. The van der Waals surface area contributed by atoms with Crippen molar-refractivity contribution in [3.05, 3.63) is 59.9 Å². The summed E-state index contributed by atoms with van der Waals surface area (Å²) in [4.78, 5) is 34.9. The van der Waals surface area contributed by atoms with Gasteiger partial charge in [0.15, 0.2) is 0 Å². The van der Waals surface area contributed by atoms with E-state index < -0.39 is 0 Å². The Morgan fingerprint density at radius 2 is 1.75 bits per heavy atom. The van der Waals surface area contributed by atoms with Gasteiger partial charge in [-0.25, -0.2) is 9.97 Å². The molecule has 0 bridgehead atoms. The predicted octanol–water partition coefficient (Wildman–Crippen LogP) is 3.44. The second-order valence-corrected chi connectivity index (χ2v) is 7.51. The first kappa shape index (κ1) is 19.8. The molecular formula is C21H22N4O2S. The minimum absolute atomic E-state index is 0.00316. The van der Waals surface area contributed by atoms with Gasteiger partial charge >= 0.3 is 0 Å². The number of amides is 2. The lowest BCUT2D eigenvalue weighted by molar-refractivity contribution is -0.131. The first-order valence-corrected chi connectivity index (χ1v) is 9.87. The summed E-state index contributed by atoms with van der Waals surface area (Å²) in [7, 11) is 1.63. The number of carbonyl (C=O) groups is 2. The summed E-state index contributed by atoms with van der Waals surface area (Å²) in [6.07, 6.45) is 0. The van der Waals surface area contributed by atoms with Crippen molar-refractivity contribution >= 4 is 40.2 Å². The summed E-state index contributed by atoms with van der Waals surface area (Å²) in [5.41, 5.74) is 2.69. The lowest BCUT2D eigenvalue weighted by atomic mass is 10.2. The van der Waals surface area contributed by atoms with Crippen molar-refractivity contribution in [1.29, 1.82) is 0 Å². The lowest BCUT2D eigenvalue weighted by Gasteiger charge is -2.17. The number of carbonyl (C=O) groups excluding carboxylic acids is 2. The van der Waals surface area contributed by atoms with Crippen LogP contribution >= 0.6 is 11.8 Å². The Morgan fingerprint density at radius 1 is 1.04 bits per heavy atom. The summed E-state index contributed by atoms with van der Waals surface area (Å²) in [5, 5.41) is 4.49. The minimum Gasteiger partial charge on any atom is -0.336 e. The normalized spacial score (nSPS) is 10.7. The van der Waals surface area contributed by atoms with Crippen LogP contribution in [0, 0.1) is 13.8 Å². The van der Waals surface area contributed by atoms with Gasteiger partial charge in [0.1, 0.15) is 10.9 Å². The highest BCUT2D eigenvalue weighted by Gasteiger charge is 2.15. The molecule has 1 heterocycles. The molecule has 1 N–H and O–H groups in total. The van der Waals surface area contributed by atoms with Gasteiger partial charge in [0.25, 0.3) is 0 Å². The molecule has 7 heteroatoms. The molecule has 0 radical (unpaired) electrons.